The van der Waals surface area contributed by atoms with Gasteiger partial charge in [0.2, 0.25) is 0 Å². The van der Waals surface area contributed by atoms with E-state index in [0.717, 1.165) is 5.75 Å². The van der Waals surface area contributed by atoms with E-state index in [4.69, 9.17) is 4.74 Å². The third-order valence-electron chi connectivity index (χ3n) is 3.78. The van der Waals surface area contributed by atoms with Crippen molar-refractivity contribution in [3.05, 3.63) is 34.6 Å². The first kappa shape index (κ1) is 10.4. The van der Waals surface area contributed by atoms with Gasteiger partial charge in [-0.3, -0.25) is 0 Å². The summed E-state index contributed by atoms with van der Waals surface area (Å²) in [5, 5.41) is 1.78. The number of benzene rings is 1. The maximum Gasteiger partial charge on any atom is 0.119 e. The molecule has 1 aromatic carbocycles. The van der Waals surface area contributed by atoms with E-state index in [-0.39, 0.29) is 7.92 Å². The molecule has 0 radical (unpaired) electrons. The van der Waals surface area contributed by atoms with Gasteiger partial charge in [-0.2, -0.15) is 0 Å². The van der Waals surface area contributed by atoms with Crippen LogP contribution in [-0.4, -0.2) is 19.9 Å². The van der Waals surface area contributed by atoms with Gasteiger partial charge in [0.25, 0.3) is 0 Å². The molecule has 0 spiro atoms. The monoisotopic (exact) mass is 232 g/mol. The molecule has 0 saturated carbocycles. The van der Waals surface area contributed by atoms with Gasteiger partial charge in [-0.15, -0.1) is 0 Å². The summed E-state index contributed by atoms with van der Waals surface area (Å²) in [5.41, 5.74) is 4.66. The van der Waals surface area contributed by atoms with Crippen LogP contribution in [0.5, 0.6) is 5.75 Å². The van der Waals surface area contributed by atoms with E-state index in [9.17, 15) is 0 Å². The smallest absolute Gasteiger partial charge is 0.119 e. The molecule has 0 saturated heterocycles. The quantitative estimate of drug-likeness (QED) is 0.668. The van der Waals surface area contributed by atoms with Crippen LogP contribution in [0.4, 0.5) is 0 Å². The summed E-state index contributed by atoms with van der Waals surface area (Å²) in [6, 6.07) is 6.58. The summed E-state index contributed by atoms with van der Waals surface area (Å²) in [6.45, 7) is 2.44. The number of allylic oxidation sites excluding steroid dienone is 2. The molecule has 1 atom stereocenters. The number of hydrogen-bond acceptors (Lipinski definition) is 1. The van der Waals surface area contributed by atoms with Gasteiger partial charge in [-0.25, -0.2) is 0 Å². The lowest BCUT2D eigenvalue weighted by atomic mass is 9.89. The van der Waals surface area contributed by atoms with Crippen molar-refractivity contribution < 1.29 is 4.74 Å². The highest BCUT2D eigenvalue weighted by atomic mass is 31.1. The summed E-state index contributed by atoms with van der Waals surface area (Å²) < 4.78 is 5.30. The number of hydrogen-bond donors (Lipinski definition) is 0. The van der Waals surface area contributed by atoms with E-state index in [1.54, 1.807) is 18.0 Å². The van der Waals surface area contributed by atoms with Crippen LogP contribution in [-0.2, 0) is 6.42 Å². The highest BCUT2D eigenvalue weighted by Gasteiger charge is 2.27. The van der Waals surface area contributed by atoms with Crippen molar-refractivity contribution in [2.45, 2.75) is 19.3 Å². The maximum absolute atomic E-state index is 5.30. The molecular formula is C14H17OP. The van der Waals surface area contributed by atoms with Crippen molar-refractivity contribution in [3.8, 4) is 5.75 Å². The number of ether oxygens (including phenoxy) is 1. The molecule has 16 heavy (non-hydrogen) atoms. The minimum Gasteiger partial charge on any atom is -0.497 e. The Morgan fingerprint density at radius 2 is 2.06 bits per heavy atom. The van der Waals surface area contributed by atoms with Crippen molar-refractivity contribution in [1.82, 2.24) is 0 Å². The second-order valence-electron chi connectivity index (χ2n) is 4.62. The van der Waals surface area contributed by atoms with Gasteiger partial charge in [0, 0.05) is 0 Å². The molecule has 1 nitrogen and oxygen atoms in total. The minimum atomic E-state index is 0.190. The van der Waals surface area contributed by atoms with Crippen LogP contribution in [0.15, 0.2) is 23.5 Å². The molecule has 1 aliphatic carbocycles. The Hall–Kier alpha value is -0.810. The Kier molecular flexibility index (Phi) is 2.52. The predicted molar refractivity (Wildman–Crippen MR) is 70.6 cm³/mol. The molecular weight excluding hydrogens is 215 g/mol. The highest BCUT2D eigenvalue weighted by Crippen LogP contribution is 2.57. The molecule has 1 heterocycles. The average molecular weight is 232 g/mol. The van der Waals surface area contributed by atoms with Crippen molar-refractivity contribution in [2.24, 2.45) is 0 Å². The third-order valence-corrected chi connectivity index (χ3v) is 6.08. The van der Waals surface area contributed by atoms with Gasteiger partial charge in [-0.05, 0) is 66.2 Å². The zero-order valence-corrected chi connectivity index (χ0v) is 10.8. The van der Waals surface area contributed by atoms with Crippen LogP contribution in [0, 0.1) is 0 Å². The van der Waals surface area contributed by atoms with E-state index in [0.29, 0.717) is 0 Å². The van der Waals surface area contributed by atoms with E-state index < -0.39 is 0 Å². The molecule has 0 aromatic heterocycles. The third kappa shape index (κ3) is 1.50. The van der Waals surface area contributed by atoms with Gasteiger partial charge in [0.1, 0.15) is 5.75 Å². The van der Waals surface area contributed by atoms with Crippen LogP contribution in [0.25, 0.3) is 5.57 Å². The Bertz CT molecular complexity index is 462. The van der Waals surface area contributed by atoms with Crippen LogP contribution in [0.1, 0.15) is 24.0 Å². The molecule has 1 aromatic rings. The van der Waals surface area contributed by atoms with Gasteiger partial charge >= 0.3 is 0 Å². The highest BCUT2D eigenvalue weighted by molar-refractivity contribution is 7.62. The largest absolute Gasteiger partial charge is 0.497 e. The lowest BCUT2D eigenvalue weighted by Gasteiger charge is -2.21. The van der Waals surface area contributed by atoms with Crippen molar-refractivity contribution in [2.75, 3.05) is 19.9 Å². The van der Waals surface area contributed by atoms with Gasteiger partial charge in [-0.1, -0.05) is 14.0 Å². The molecule has 0 amide bonds. The molecule has 0 N–H and O–H groups in total. The molecule has 84 valence electrons. The molecule has 1 unspecified atom stereocenters. The normalized spacial score (nSPS) is 23.0. The lowest BCUT2D eigenvalue weighted by Crippen LogP contribution is -2.01. The fourth-order valence-corrected chi connectivity index (χ4v) is 4.89. The fourth-order valence-electron chi connectivity index (χ4n) is 2.87. The summed E-state index contributed by atoms with van der Waals surface area (Å²) in [6.07, 6.45) is 5.21. The first-order valence-corrected chi connectivity index (χ1v) is 7.87. The Morgan fingerprint density at radius 1 is 1.19 bits per heavy atom. The SMILES string of the molecule is COc1ccc2c(c1)CCC1=C2CCP1C. The summed E-state index contributed by atoms with van der Waals surface area (Å²) in [4.78, 5) is 0. The Balaban J connectivity index is 2.09. The molecule has 3 rings (SSSR count). The Labute approximate surface area is 98.3 Å². The van der Waals surface area contributed by atoms with Crippen LogP contribution >= 0.6 is 7.92 Å². The van der Waals surface area contributed by atoms with Gasteiger partial charge in [0.15, 0.2) is 0 Å². The minimum absolute atomic E-state index is 0.190. The summed E-state index contributed by atoms with van der Waals surface area (Å²) >= 11 is 0. The number of rotatable bonds is 1. The van der Waals surface area contributed by atoms with Crippen LogP contribution < -0.4 is 4.74 Å². The number of methoxy groups -OCH3 is 1. The lowest BCUT2D eigenvalue weighted by molar-refractivity contribution is 0.414. The van der Waals surface area contributed by atoms with E-state index >= 15 is 0 Å². The number of aryl methyl sites for hydroxylation is 1. The van der Waals surface area contributed by atoms with Crippen molar-refractivity contribution in [3.63, 3.8) is 0 Å². The van der Waals surface area contributed by atoms with Gasteiger partial charge < -0.3 is 4.74 Å². The first-order chi connectivity index (χ1) is 7.79. The molecule has 1 aliphatic heterocycles. The Morgan fingerprint density at radius 3 is 2.88 bits per heavy atom. The fraction of sp³-hybridized carbons (Fsp3) is 0.429. The van der Waals surface area contributed by atoms with Crippen LogP contribution in [0.3, 0.4) is 0 Å². The van der Waals surface area contributed by atoms with Crippen molar-refractivity contribution in [1.29, 1.82) is 0 Å². The van der Waals surface area contributed by atoms with Crippen LogP contribution in [0.2, 0.25) is 0 Å². The zero-order valence-electron chi connectivity index (χ0n) is 9.92. The standard InChI is InChI=1S/C14H17OP/c1-15-11-4-5-12-10(9-11)3-6-14-13(12)7-8-16(14)2/h4-5,9H,3,6-8H2,1-2H3. The summed E-state index contributed by atoms with van der Waals surface area (Å²) in [7, 11) is 1.94. The molecule has 0 bridgehead atoms. The molecule has 2 heteroatoms. The molecule has 0 fully saturated rings. The van der Waals surface area contributed by atoms with E-state index in [1.807, 2.05) is 0 Å². The van der Waals surface area contributed by atoms with E-state index in [2.05, 4.69) is 24.9 Å². The summed E-state index contributed by atoms with van der Waals surface area (Å²) in [5.74, 6) is 1.000. The first-order valence-electron chi connectivity index (χ1n) is 5.90. The second kappa shape index (κ2) is 3.89. The van der Waals surface area contributed by atoms with E-state index in [1.165, 1.54) is 36.6 Å². The average Bonchev–Trinajstić information content (AvgIpc) is 2.70. The molecule has 2 aliphatic rings. The predicted octanol–water partition coefficient (Wildman–Crippen LogP) is 3.87. The number of fused-ring (bicyclic) bond motifs is 2. The van der Waals surface area contributed by atoms with Crippen molar-refractivity contribution >= 4 is 13.5 Å². The second-order valence-corrected chi connectivity index (χ2v) is 7.00. The van der Waals surface area contributed by atoms with Gasteiger partial charge in [0.05, 0.1) is 7.11 Å². The maximum atomic E-state index is 5.30. The topological polar surface area (TPSA) is 9.23 Å². The zero-order chi connectivity index (χ0) is 11.1.